The first kappa shape index (κ1) is 19.1. The maximum Gasteiger partial charge on any atom is 0.167 e. The van der Waals surface area contributed by atoms with Crippen molar-refractivity contribution in [2.24, 2.45) is 0 Å². The summed E-state index contributed by atoms with van der Waals surface area (Å²) in [7, 11) is 0. The largest absolute Gasteiger partial charge is 0.491 e. The number of pyridine rings is 1. The summed E-state index contributed by atoms with van der Waals surface area (Å²) >= 11 is 3.40. The molecule has 1 aliphatic heterocycles. The molecular formula is C19H17BrN6O4. The van der Waals surface area contributed by atoms with Crippen molar-refractivity contribution in [1.82, 2.24) is 24.5 Å². The number of halogens is 1. The first-order chi connectivity index (χ1) is 14.5. The molecule has 3 aromatic heterocycles. The molecule has 0 bridgehead atoms. The summed E-state index contributed by atoms with van der Waals surface area (Å²) in [6.45, 7) is 0.0422. The van der Waals surface area contributed by atoms with Gasteiger partial charge >= 0.3 is 0 Å². The zero-order chi connectivity index (χ0) is 20.8. The number of anilines is 1. The van der Waals surface area contributed by atoms with Gasteiger partial charge in [0.25, 0.3) is 0 Å². The maximum absolute atomic E-state index is 10.5. The third kappa shape index (κ3) is 3.25. The Kier molecular flexibility index (Phi) is 4.74. The lowest BCUT2D eigenvalue weighted by molar-refractivity contribution is -0.0474. The molecule has 4 atom stereocenters. The fraction of sp³-hybridized carbons (Fsp3) is 0.263. The van der Waals surface area contributed by atoms with Crippen molar-refractivity contribution in [3.63, 3.8) is 0 Å². The summed E-state index contributed by atoms with van der Waals surface area (Å²) in [5.74, 6) is 0.809. The highest BCUT2D eigenvalue weighted by atomic mass is 79.9. The van der Waals surface area contributed by atoms with Crippen molar-refractivity contribution in [3.8, 4) is 5.75 Å². The average molecular weight is 473 g/mol. The minimum atomic E-state index is -1.19. The predicted octanol–water partition coefficient (Wildman–Crippen LogP) is 1.42. The van der Waals surface area contributed by atoms with Crippen LogP contribution in [0.2, 0.25) is 0 Å². The average Bonchev–Trinajstić information content (AvgIpc) is 3.29. The molecule has 5 rings (SSSR count). The Bertz CT molecular complexity index is 1230. The molecule has 11 heteroatoms. The fourth-order valence-corrected chi connectivity index (χ4v) is 3.84. The Morgan fingerprint density at radius 1 is 1.13 bits per heavy atom. The zero-order valence-electron chi connectivity index (χ0n) is 15.5. The normalized spacial score (nSPS) is 24.0. The van der Waals surface area contributed by atoms with Crippen LogP contribution in [0.15, 0.2) is 47.6 Å². The lowest BCUT2D eigenvalue weighted by Gasteiger charge is -2.16. The van der Waals surface area contributed by atoms with Gasteiger partial charge in [0.15, 0.2) is 17.7 Å². The number of rotatable bonds is 4. The van der Waals surface area contributed by atoms with Gasteiger partial charge in [-0.3, -0.25) is 9.55 Å². The van der Waals surface area contributed by atoms with Crippen LogP contribution >= 0.6 is 15.9 Å². The van der Waals surface area contributed by atoms with E-state index in [1.807, 2.05) is 18.2 Å². The molecule has 1 fully saturated rings. The molecule has 154 valence electrons. The van der Waals surface area contributed by atoms with E-state index in [1.165, 1.54) is 17.2 Å². The summed E-state index contributed by atoms with van der Waals surface area (Å²) in [5, 5.41) is 22.0. The first-order valence-electron chi connectivity index (χ1n) is 9.14. The fourth-order valence-electron chi connectivity index (χ4n) is 3.50. The molecule has 0 saturated carbocycles. The van der Waals surface area contributed by atoms with Gasteiger partial charge in [-0.15, -0.1) is 0 Å². The van der Waals surface area contributed by atoms with Crippen molar-refractivity contribution in [1.29, 1.82) is 0 Å². The number of nitrogens with zero attached hydrogens (tertiary/aromatic N) is 5. The third-order valence-corrected chi connectivity index (χ3v) is 5.47. The molecule has 0 amide bonds. The number of hydrogen-bond donors (Lipinski definition) is 3. The topological polar surface area (TPSA) is 141 Å². The monoisotopic (exact) mass is 472 g/mol. The Labute approximate surface area is 178 Å². The van der Waals surface area contributed by atoms with E-state index in [0.29, 0.717) is 16.9 Å². The van der Waals surface area contributed by atoms with Crippen LogP contribution in [0.25, 0.3) is 22.1 Å². The number of aliphatic hydroxyl groups excluding tert-OH is 2. The number of aromatic nitrogens is 5. The summed E-state index contributed by atoms with van der Waals surface area (Å²) in [5.41, 5.74) is 7.40. The SMILES string of the molecule is Nc1ncnc2c1ncn2[C@@H]1O[C@H](COc2ccc3cc(Br)cnc3c2)[C@@H](O)[C@H]1O. The van der Waals surface area contributed by atoms with Crippen molar-refractivity contribution in [3.05, 3.63) is 47.6 Å². The number of nitrogen functional groups attached to an aromatic ring is 1. The van der Waals surface area contributed by atoms with Gasteiger partial charge in [0, 0.05) is 22.1 Å². The van der Waals surface area contributed by atoms with Crippen molar-refractivity contribution in [2.45, 2.75) is 24.5 Å². The quantitative estimate of drug-likeness (QED) is 0.401. The van der Waals surface area contributed by atoms with E-state index < -0.39 is 24.5 Å². The van der Waals surface area contributed by atoms with Crippen molar-refractivity contribution < 1.29 is 19.7 Å². The van der Waals surface area contributed by atoms with E-state index in [9.17, 15) is 10.2 Å². The highest BCUT2D eigenvalue weighted by molar-refractivity contribution is 9.10. The van der Waals surface area contributed by atoms with Crippen LogP contribution in [-0.4, -0.2) is 59.6 Å². The summed E-state index contributed by atoms with van der Waals surface area (Å²) in [6.07, 6.45) is 0.484. The summed E-state index contributed by atoms with van der Waals surface area (Å²) < 4.78 is 14.1. The summed E-state index contributed by atoms with van der Waals surface area (Å²) in [4.78, 5) is 16.6. The molecule has 1 aromatic carbocycles. The zero-order valence-corrected chi connectivity index (χ0v) is 17.0. The maximum atomic E-state index is 10.5. The van der Waals surface area contributed by atoms with Crippen LogP contribution in [0.4, 0.5) is 5.82 Å². The van der Waals surface area contributed by atoms with Gasteiger partial charge in [-0.1, -0.05) is 0 Å². The number of fused-ring (bicyclic) bond motifs is 2. The Hall–Kier alpha value is -2.86. The molecule has 0 unspecified atom stereocenters. The molecule has 0 radical (unpaired) electrons. The number of hydrogen-bond acceptors (Lipinski definition) is 9. The van der Waals surface area contributed by atoms with Crippen LogP contribution in [-0.2, 0) is 4.74 Å². The second-order valence-electron chi connectivity index (χ2n) is 6.95. The second-order valence-corrected chi connectivity index (χ2v) is 7.86. The molecule has 4 N–H and O–H groups in total. The van der Waals surface area contributed by atoms with Crippen LogP contribution in [0.5, 0.6) is 5.75 Å². The van der Waals surface area contributed by atoms with Gasteiger partial charge in [-0.25, -0.2) is 15.0 Å². The van der Waals surface area contributed by atoms with E-state index >= 15 is 0 Å². The lowest BCUT2D eigenvalue weighted by Crippen LogP contribution is -2.34. The molecule has 1 aliphatic rings. The number of ether oxygens (including phenoxy) is 2. The third-order valence-electron chi connectivity index (χ3n) is 5.03. The molecule has 4 heterocycles. The van der Waals surface area contributed by atoms with Crippen LogP contribution < -0.4 is 10.5 Å². The van der Waals surface area contributed by atoms with E-state index in [1.54, 1.807) is 12.3 Å². The van der Waals surface area contributed by atoms with Crippen LogP contribution in [0.3, 0.4) is 0 Å². The van der Waals surface area contributed by atoms with Gasteiger partial charge in [0.2, 0.25) is 0 Å². The highest BCUT2D eigenvalue weighted by Gasteiger charge is 2.44. The van der Waals surface area contributed by atoms with Gasteiger partial charge in [-0.2, -0.15) is 0 Å². The first-order valence-corrected chi connectivity index (χ1v) is 9.93. The number of imidazole rings is 1. The minimum Gasteiger partial charge on any atom is -0.491 e. The van der Waals surface area contributed by atoms with E-state index in [4.69, 9.17) is 15.2 Å². The highest BCUT2D eigenvalue weighted by Crippen LogP contribution is 2.32. The second kappa shape index (κ2) is 7.43. The molecule has 10 nitrogen and oxygen atoms in total. The molecule has 4 aromatic rings. The molecule has 0 spiro atoms. The van der Waals surface area contributed by atoms with E-state index in [2.05, 4.69) is 35.9 Å². The standard InChI is InChI=1S/C19H17BrN6O4/c20-10-3-9-1-2-11(4-12(9)22-5-10)29-6-13-15(27)16(28)19(30-13)26-8-25-14-17(21)23-7-24-18(14)26/h1-5,7-8,13,15-16,19,27-28H,6H2,(H2,21,23,24)/t13-,15-,16-,19-/m1/s1. The Morgan fingerprint density at radius 3 is 2.87 bits per heavy atom. The number of aliphatic hydroxyl groups is 2. The van der Waals surface area contributed by atoms with Crippen molar-refractivity contribution in [2.75, 3.05) is 12.3 Å². The molecule has 30 heavy (non-hydrogen) atoms. The Balaban J connectivity index is 1.33. The molecule has 0 aliphatic carbocycles. The van der Waals surface area contributed by atoms with E-state index in [-0.39, 0.29) is 12.4 Å². The summed E-state index contributed by atoms with van der Waals surface area (Å²) in [6, 6.07) is 7.48. The minimum absolute atomic E-state index is 0.0422. The van der Waals surface area contributed by atoms with Gasteiger partial charge < -0.3 is 25.4 Å². The number of nitrogens with two attached hydrogens (primary N) is 1. The number of benzene rings is 1. The Morgan fingerprint density at radius 2 is 2.00 bits per heavy atom. The van der Waals surface area contributed by atoms with Crippen LogP contribution in [0, 0.1) is 0 Å². The van der Waals surface area contributed by atoms with Crippen LogP contribution in [0.1, 0.15) is 6.23 Å². The van der Waals surface area contributed by atoms with Crippen molar-refractivity contribution >= 4 is 43.8 Å². The van der Waals surface area contributed by atoms with Gasteiger partial charge in [0.05, 0.1) is 11.8 Å². The van der Waals surface area contributed by atoms with E-state index in [0.717, 1.165) is 15.4 Å². The molecule has 1 saturated heterocycles. The predicted molar refractivity (Wildman–Crippen MR) is 111 cm³/mol. The van der Waals surface area contributed by atoms with Gasteiger partial charge in [0.1, 0.15) is 42.5 Å². The van der Waals surface area contributed by atoms with Gasteiger partial charge in [-0.05, 0) is 34.1 Å². The lowest BCUT2D eigenvalue weighted by atomic mass is 10.1. The molecular weight excluding hydrogens is 456 g/mol. The smallest absolute Gasteiger partial charge is 0.167 e.